The Morgan fingerprint density at radius 1 is 1.32 bits per heavy atom. The lowest BCUT2D eigenvalue weighted by Crippen LogP contribution is -2.59. The molecule has 0 aromatic heterocycles. The molecule has 2 aliphatic heterocycles. The monoisotopic (exact) mass is 305 g/mol. The zero-order chi connectivity index (χ0) is 15.6. The third-order valence-corrected chi connectivity index (χ3v) is 4.20. The summed E-state index contributed by atoms with van der Waals surface area (Å²) in [5.74, 6) is -0.847. The summed E-state index contributed by atoms with van der Waals surface area (Å²) in [6.07, 6.45) is 0.165. The number of hydrogen-bond acceptors (Lipinski definition) is 4. The highest BCUT2D eigenvalue weighted by Crippen LogP contribution is 2.42. The second-order valence-electron chi connectivity index (χ2n) is 6.13. The van der Waals surface area contributed by atoms with Crippen LogP contribution in [0.3, 0.4) is 0 Å². The molecule has 6 heteroatoms. The van der Waals surface area contributed by atoms with Gasteiger partial charge in [-0.15, -0.1) is 0 Å². The highest BCUT2D eigenvalue weighted by atomic mass is 16.6. The Bertz CT molecular complexity index is 553. The first-order chi connectivity index (χ1) is 10.6. The summed E-state index contributed by atoms with van der Waals surface area (Å²) in [4.78, 5) is 24.3. The van der Waals surface area contributed by atoms with Crippen molar-refractivity contribution in [2.24, 2.45) is 5.41 Å². The smallest absolute Gasteiger partial charge is 0.410 e. The molecule has 1 amide bonds. The van der Waals surface area contributed by atoms with Crippen molar-refractivity contribution in [1.29, 1.82) is 0 Å². The molecule has 1 spiro atoms. The molecular formula is C16H19NO5. The van der Waals surface area contributed by atoms with Crippen LogP contribution < -0.4 is 0 Å². The van der Waals surface area contributed by atoms with Crippen molar-refractivity contribution in [1.82, 2.24) is 4.90 Å². The first kappa shape index (κ1) is 14.8. The van der Waals surface area contributed by atoms with E-state index in [4.69, 9.17) is 14.6 Å². The van der Waals surface area contributed by atoms with Gasteiger partial charge in [0.2, 0.25) is 0 Å². The molecule has 118 valence electrons. The summed E-state index contributed by atoms with van der Waals surface area (Å²) >= 11 is 0. The molecule has 2 fully saturated rings. The average Bonchev–Trinajstić information content (AvgIpc) is 2.88. The van der Waals surface area contributed by atoms with E-state index in [0.29, 0.717) is 26.1 Å². The maximum absolute atomic E-state index is 12.0. The van der Waals surface area contributed by atoms with Gasteiger partial charge in [0.05, 0.1) is 19.1 Å². The van der Waals surface area contributed by atoms with Gasteiger partial charge >= 0.3 is 12.1 Å². The fourth-order valence-electron chi connectivity index (χ4n) is 3.14. The Labute approximate surface area is 128 Å². The van der Waals surface area contributed by atoms with Gasteiger partial charge in [0.25, 0.3) is 0 Å². The zero-order valence-electron chi connectivity index (χ0n) is 12.2. The van der Waals surface area contributed by atoms with Crippen LogP contribution in [0.4, 0.5) is 4.79 Å². The highest BCUT2D eigenvalue weighted by Gasteiger charge is 2.51. The number of nitrogens with zero attached hydrogens (tertiary/aromatic N) is 1. The number of hydrogen-bond donors (Lipinski definition) is 1. The summed E-state index contributed by atoms with van der Waals surface area (Å²) in [6.45, 7) is 1.95. The van der Waals surface area contributed by atoms with E-state index in [-0.39, 0.29) is 30.6 Å². The van der Waals surface area contributed by atoms with Crippen molar-refractivity contribution in [3.63, 3.8) is 0 Å². The molecular weight excluding hydrogens is 286 g/mol. The number of rotatable bonds is 4. The molecule has 2 aliphatic rings. The Kier molecular flexibility index (Phi) is 4.02. The van der Waals surface area contributed by atoms with E-state index in [0.717, 1.165) is 5.56 Å². The largest absolute Gasteiger partial charge is 0.481 e. The van der Waals surface area contributed by atoms with E-state index in [1.165, 1.54) is 0 Å². The molecule has 22 heavy (non-hydrogen) atoms. The van der Waals surface area contributed by atoms with E-state index in [9.17, 15) is 9.59 Å². The summed E-state index contributed by atoms with van der Waals surface area (Å²) in [5.41, 5.74) is 0.878. The molecule has 0 radical (unpaired) electrons. The van der Waals surface area contributed by atoms with Crippen molar-refractivity contribution in [2.75, 3.05) is 19.7 Å². The second-order valence-corrected chi connectivity index (χ2v) is 6.13. The molecule has 0 saturated carbocycles. The van der Waals surface area contributed by atoms with E-state index in [1.54, 1.807) is 4.90 Å². The summed E-state index contributed by atoms with van der Waals surface area (Å²) in [6, 6.07) is 9.54. The minimum atomic E-state index is -0.847. The molecule has 1 atom stereocenters. The molecule has 1 aromatic rings. The Morgan fingerprint density at radius 3 is 2.73 bits per heavy atom. The lowest BCUT2D eigenvalue weighted by molar-refractivity contribution is -0.139. The maximum atomic E-state index is 12.0. The first-order valence-corrected chi connectivity index (χ1v) is 7.35. The number of likely N-dealkylation sites (tertiary alicyclic amines) is 1. The number of ether oxygens (including phenoxy) is 2. The van der Waals surface area contributed by atoms with E-state index < -0.39 is 5.97 Å². The predicted molar refractivity (Wildman–Crippen MR) is 77.2 cm³/mol. The molecule has 1 aromatic carbocycles. The third-order valence-electron chi connectivity index (χ3n) is 4.20. The van der Waals surface area contributed by atoms with Crippen molar-refractivity contribution >= 4 is 12.1 Å². The quantitative estimate of drug-likeness (QED) is 0.919. The van der Waals surface area contributed by atoms with E-state index in [1.807, 2.05) is 30.3 Å². The number of aliphatic carboxylic acids is 1. The fourth-order valence-corrected chi connectivity index (χ4v) is 3.14. The molecule has 1 unspecified atom stereocenters. The number of amides is 1. The molecule has 2 heterocycles. The molecule has 0 aliphatic carbocycles. The van der Waals surface area contributed by atoms with Crippen LogP contribution in [-0.4, -0.2) is 47.9 Å². The Hall–Kier alpha value is -2.08. The Morgan fingerprint density at radius 2 is 2.05 bits per heavy atom. The normalized spacial score (nSPS) is 22.4. The topological polar surface area (TPSA) is 76.1 Å². The van der Waals surface area contributed by atoms with Crippen LogP contribution in [0.1, 0.15) is 18.4 Å². The van der Waals surface area contributed by atoms with Crippen LogP contribution in [0.25, 0.3) is 0 Å². The van der Waals surface area contributed by atoms with Crippen LogP contribution in [0.5, 0.6) is 0 Å². The average molecular weight is 305 g/mol. The van der Waals surface area contributed by atoms with Crippen molar-refractivity contribution < 1.29 is 24.2 Å². The van der Waals surface area contributed by atoms with Crippen LogP contribution in [-0.2, 0) is 20.9 Å². The van der Waals surface area contributed by atoms with Crippen molar-refractivity contribution in [3.8, 4) is 0 Å². The molecule has 3 rings (SSSR count). The maximum Gasteiger partial charge on any atom is 0.410 e. The van der Waals surface area contributed by atoms with Crippen molar-refractivity contribution in [3.05, 3.63) is 35.9 Å². The summed E-state index contributed by atoms with van der Waals surface area (Å²) < 4.78 is 10.8. The lowest BCUT2D eigenvalue weighted by atomic mass is 9.78. The van der Waals surface area contributed by atoms with Gasteiger partial charge in [-0.1, -0.05) is 30.3 Å². The number of benzene rings is 1. The second kappa shape index (κ2) is 5.96. The van der Waals surface area contributed by atoms with Crippen molar-refractivity contribution in [2.45, 2.75) is 25.6 Å². The minimum Gasteiger partial charge on any atom is -0.481 e. The van der Waals surface area contributed by atoms with Crippen LogP contribution in [0, 0.1) is 5.41 Å². The molecule has 6 nitrogen and oxygen atoms in total. The van der Waals surface area contributed by atoms with Gasteiger partial charge in [-0.3, -0.25) is 4.79 Å². The Balaban J connectivity index is 1.43. The highest BCUT2D eigenvalue weighted by molar-refractivity contribution is 5.69. The predicted octanol–water partition coefficient (Wildman–Crippen LogP) is 1.89. The van der Waals surface area contributed by atoms with Gasteiger partial charge in [-0.25, -0.2) is 4.79 Å². The SMILES string of the molecule is O=C(O)CC1CC2(CO1)CN(C(=O)OCc1ccccc1)C2. The van der Waals surface area contributed by atoms with Gasteiger partial charge in [-0.2, -0.15) is 0 Å². The van der Waals surface area contributed by atoms with Gasteiger partial charge in [0.1, 0.15) is 6.61 Å². The van der Waals surface area contributed by atoms with Gasteiger partial charge < -0.3 is 19.5 Å². The summed E-state index contributed by atoms with van der Waals surface area (Å²) in [5, 5.41) is 8.79. The molecule has 0 bridgehead atoms. The molecule has 1 N–H and O–H groups in total. The van der Waals surface area contributed by atoms with E-state index in [2.05, 4.69) is 0 Å². The van der Waals surface area contributed by atoms with Crippen LogP contribution in [0.2, 0.25) is 0 Å². The van der Waals surface area contributed by atoms with E-state index >= 15 is 0 Å². The first-order valence-electron chi connectivity index (χ1n) is 7.35. The lowest BCUT2D eigenvalue weighted by Gasteiger charge is -2.46. The number of carbonyl (C=O) groups excluding carboxylic acids is 1. The van der Waals surface area contributed by atoms with Crippen LogP contribution in [0.15, 0.2) is 30.3 Å². The number of carboxylic acids is 1. The number of carboxylic acid groups (broad SMARTS) is 1. The third kappa shape index (κ3) is 3.22. The fraction of sp³-hybridized carbons (Fsp3) is 0.500. The minimum absolute atomic E-state index is 0.0280. The van der Waals surface area contributed by atoms with Gasteiger partial charge in [-0.05, 0) is 12.0 Å². The van der Waals surface area contributed by atoms with Gasteiger partial charge in [0.15, 0.2) is 0 Å². The molecule has 2 saturated heterocycles. The van der Waals surface area contributed by atoms with Crippen LogP contribution >= 0.6 is 0 Å². The summed E-state index contributed by atoms with van der Waals surface area (Å²) in [7, 11) is 0. The van der Waals surface area contributed by atoms with Gasteiger partial charge in [0, 0.05) is 18.5 Å². The number of carbonyl (C=O) groups is 2. The standard InChI is InChI=1S/C16H19NO5/c18-14(19)6-13-7-16(11-22-13)9-17(10-16)15(20)21-8-12-4-2-1-3-5-12/h1-5,13H,6-11H2,(H,18,19). The zero-order valence-corrected chi connectivity index (χ0v) is 12.2.